The Kier molecular flexibility index (Phi) is 1.75. The monoisotopic (exact) mass is 98.1 g/mol. The summed E-state index contributed by atoms with van der Waals surface area (Å²) >= 11 is 0. The predicted molar refractivity (Wildman–Crippen MR) is 26.1 cm³/mol. The van der Waals surface area contributed by atoms with Crippen LogP contribution in [0.25, 0.3) is 0 Å². The van der Waals surface area contributed by atoms with E-state index >= 15 is 0 Å². The van der Waals surface area contributed by atoms with Crippen molar-refractivity contribution in [2.24, 2.45) is 0 Å². The van der Waals surface area contributed by atoms with Gasteiger partial charge in [-0.05, 0) is 12.8 Å². The fourth-order valence-corrected chi connectivity index (χ4v) is 0.464. The van der Waals surface area contributed by atoms with Crippen LogP contribution in [0.15, 0.2) is 6.08 Å². The molecule has 1 aliphatic heterocycles. The molecule has 2 nitrogen and oxygen atoms in total. The Morgan fingerprint density at radius 2 is 2.71 bits per heavy atom. The molecule has 1 radical (unpaired) electrons. The number of hydroxylamine groups is 1. The molecule has 0 amide bonds. The Balaban J connectivity index is 2.20. The SMILES string of the molecule is [C]1=CCCCON1. The first-order valence-corrected chi connectivity index (χ1v) is 2.44. The highest BCUT2D eigenvalue weighted by atomic mass is 16.6. The molecule has 0 fully saturated rings. The van der Waals surface area contributed by atoms with Crippen LogP contribution in [0.5, 0.6) is 0 Å². The van der Waals surface area contributed by atoms with E-state index in [9.17, 15) is 0 Å². The molecule has 1 aliphatic rings. The molecule has 0 atom stereocenters. The minimum atomic E-state index is 0.795. The van der Waals surface area contributed by atoms with Gasteiger partial charge in [-0.2, -0.15) is 0 Å². The van der Waals surface area contributed by atoms with Crippen LogP contribution in [0.1, 0.15) is 12.8 Å². The lowest BCUT2D eigenvalue weighted by Crippen LogP contribution is -2.04. The molecular weight excluding hydrogens is 90.1 g/mol. The molecule has 0 aromatic heterocycles. The maximum absolute atomic E-state index is 4.80. The van der Waals surface area contributed by atoms with Gasteiger partial charge in [-0.15, -0.1) is 0 Å². The molecule has 0 saturated carbocycles. The maximum atomic E-state index is 4.80. The molecular formula is C5H8NO. The Morgan fingerprint density at radius 3 is 3.71 bits per heavy atom. The molecule has 0 bridgehead atoms. The van der Waals surface area contributed by atoms with Crippen LogP contribution in [0.2, 0.25) is 0 Å². The zero-order chi connectivity index (χ0) is 4.95. The lowest BCUT2D eigenvalue weighted by atomic mass is 10.3. The van der Waals surface area contributed by atoms with Crippen LogP contribution < -0.4 is 5.48 Å². The molecule has 0 aromatic rings. The van der Waals surface area contributed by atoms with E-state index in [1.807, 2.05) is 6.08 Å². The van der Waals surface area contributed by atoms with Crippen LogP contribution in [-0.2, 0) is 4.84 Å². The molecule has 0 spiro atoms. The van der Waals surface area contributed by atoms with Crippen molar-refractivity contribution in [3.8, 4) is 0 Å². The van der Waals surface area contributed by atoms with E-state index in [1.165, 1.54) is 0 Å². The minimum absolute atomic E-state index is 0.795. The summed E-state index contributed by atoms with van der Waals surface area (Å²) in [5.74, 6) is 0. The van der Waals surface area contributed by atoms with E-state index in [0.717, 1.165) is 19.4 Å². The van der Waals surface area contributed by atoms with Crippen molar-refractivity contribution < 1.29 is 4.84 Å². The number of rotatable bonds is 0. The molecule has 0 aliphatic carbocycles. The van der Waals surface area contributed by atoms with Crippen molar-refractivity contribution in [1.82, 2.24) is 5.48 Å². The highest BCUT2D eigenvalue weighted by Gasteiger charge is 1.87. The summed E-state index contributed by atoms with van der Waals surface area (Å²) in [4.78, 5) is 4.80. The highest BCUT2D eigenvalue weighted by molar-refractivity contribution is 4.70. The van der Waals surface area contributed by atoms with Gasteiger partial charge in [0.15, 0.2) is 0 Å². The third-order valence-corrected chi connectivity index (χ3v) is 0.828. The summed E-state index contributed by atoms with van der Waals surface area (Å²) in [6, 6.07) is 0. The van der Waals surface area contributed by atoms with Gasteiger partial charge in [0.25, 0.3) is 0 Å². The van der Waals surface area contributed by atoms with Crippen molar-refractivity contribution in [2.45, 2.75) is 12.8 Å². The average Bonchev–Trinajstić information content (AvgIpc) is 1.90. The second-order valence-corrected chi connectivity index (χ2v) is 1.44. The highest BCUT2D eigenvalue weighted by Crippen LogP contribution is 1.92. The standard InChI is InChI=1S/C5H8NO/c1-2-4-6-7-5-3-1/h2,6H,1,3,5H2. The topological polar surface area (TPSA) is 21.3 Å². The molecule has 2 heteroatoms. The summed E-state index contributed by atoms with van der Waals surface area (Å²) in [5.41, 5.74) is 2.54. The van der Waals surface area contributed by atoms with E-state index in [4.69, 9.17) is 4.84 Å². The molecule has 7 heavy (non-hydrogen) atoms. The van der Waals surface area contributed by atoms with E-state index in [0.29, 0.717) is 0 Å². The van der Waals surface area contributed by atoms with Gasteiger partial charge in [0.1, 0.15) is 0 Å². The fourth-order valence-electron chi connectivity index (χ4n) is 0.464. The third-order valence-electron chi connectivity index (χ3n) is 0.828. The van der Waals surface area contributed by atoms with Gasteiger partial charge in [0.05, 0.1) is 12.8 Å². The largest absolute Gasteiger partial charge is 0.276 e. The van der Waals surface area contributed by atoms with Crippen molar-refractivity contribution in [3.63, 3.8) is 0 Å². The van der Waals surface area contributed by atoms with Gasteiger partial charge in [-0.3, -0.25) is 10.3 Å². The molecule has 0 saturated heterocycles. The summed E-state index contributed by atoms with van der Waals surface area (Å²) in [7, 11) is 0. The van der Waals surface area contributed by atoms with Gasteiger partial charge in [0, 0.05) is 0 Å². The number of nitrogens with one attached hydrogen (secondary N) is 1. The van der Waals surface area contributed by atoms with Gasteiger partial charge in [-0.25, -0.2) is 0 Å². The van der Waals surface area contributed by atoms with Crippen LogP contribution in [0, 0.1) is 6.20 Å². The van der Waals surface area contributed by atoms with Crippen molar-refractivity contribution in [2.75, 3.05) is 6.61 Å². The molecule has 0 unspecified atom stereocenters. The van der Waals surface area contributed by atoms with E-state index in [-0.39, 0.29) is 0 Å². The molecule has 0 aromatic carbocycles. The zero-order valence-electron chi connectivity index (χ0n) is 4.11. The smallest absolute Gasteiger partial charge is 0.0815 e. The van der Waals surface area contributed by atoms with Crippen LogP contribution in [0.4, 0.5) is 0 Å². The molecule has 1 rings (SSSR count). The van der Waals surface area contributed by atoms with Crippen molar-refractivity contribution >= 4 is 0 Å². The Labute approximate surface area is 43.1 Å². The molecule has 39 valence electrons. The molecule has 1 N–H and O–H groups in total. The van der Waals surface area contributed by atoms with Crippen molar-refractivity contribution in [3.05, 3.63) is 12.3 Å². The Hall–Kier alpha value is -0.500. The van der Waals surface area contributed by atoms with Gasteiger partial charge < -0.3 is 0 Å². The lowest BCUT2D eigenvalue weighted by Gasteiger charge is -1.92. The van der Waals surface area contributed by atoms with Crippen LogP contribution >= 0.6 is 0 Å². The predicted octanol–water partition coefficient (Wildman–Crippen LogP) is 0.618. The third kappa shape index (κ3) is 1.59. The Morgan fingerprint density at radius 1 is 1.71 bits per heavy atom. The quantitative estimate of drug-likeness (QED) is 0.479. The van der Waals surface area contributed by atoms with Crippen molar-refractivity contribution in [1.29, 1.82) is 0 Å². The Bertz CT molecular complexity index is 62.5. The van der Waals surface area contributed by atoms with Crippen LogP contribution in [-0.4, -0.2) is 6.61 Å². The average molecular weight is 98.1 g/mol. The van der Waals surface area contributed by atoms with Crippen LogP contribution in [0.3, 0.4) is 0 Å². The second-order valence-electron chi connectivity index (χ2n) is 1.44. The first-order chi connectivity index (χ1) is 3.50. The summed E-state index contributed by atoms with van der Waals surface area (Å²) < 4.78 is 0. The summed E-state index contributed by atoms with van der Waals surface area (Å²) in [5, 5.41) is 0. The number of hydrogen-bond donors (Lipinski definition) is 1. The summed E-state index contributed by atoms with van der Waals surface area (Å²) in [6.07, 6.45) is 6.86. The number of allylic oxidation sites excluding steroid dienone is 1. The van der Waals surface area contributed by atoms with E-state index in [1.54, 1.807) is 0 Å². The van der Waals surface area contributed by atoms with Gasteiger partial charge >= 0.3 is 0 Å². The zero-order valence-corrected chi connectivity index (χ0v) is 4.11. The normalized spacial score (nSPS) is 20.6. The summed E-state index contributed by atoms with van der Waals surface area (Å²) in [6.45, 7) is 0.795. The number of hydrogen-bond acceptors (Lipinski definition) is 2. The van der Waals surface area contributed by atoms with E-state index < -0.39 is 0 Å². The first-order valence-electron chi connectivity index (χ1n) is 2.44. The first kappa shape index (κ1) is 4.65. The van der Waals surface area contributed by atoms with E-state index in [2.05, 4.69) is 11.7 Å². The molecule has 1 heterocycles. The fraction of sp³-hybridized carbons (Fsp3) is 0.600. The minimum Gasteiger partial charge on any atom is -0.276 e. The van der Waals surface area contributed by atoms with Gasteiger partial charge in [0.2, 0.25) is 0 Å². The lowest BCUT2D eigenvalue weighted by molar-refractivity contribution is 0.0696. The second kappa shape index (κ2) is 2.64. The maximum Gasteiger partial charge on any atom is 0.0815 e. The van der Waals surface area contributed by atoms with Gasteiger partial charge in [-0.1, -0.05) is 6.08 Å².